The average molecular weight is 405 g/mol. The van der Waals surface area contributed by atoms with Crippen molar-refractivity contribution in [1.29, 1.82) is 0 Å². The Bertz CT molecular complexity index is 1150. The minimum absolute atomic E-state index is 0.126. The first-order valence-electron chi connectivity index (χ1n) is 8.27. The first-order chi connectivity index (χ1) is 13.4. The van der Waals surface area contributed by atoms with E-state index >= 15 is 0 Å². The van der Waals surface area contributed by atoms with E-state index in [1.165, 1.54) is 17.8 Å². The number of nitrogens with zero attached hydrogens (tertiary/aromatic N) is 2. The zero-order valence-electron chi connectivity index (χ0n) is 14.3. The zero-order valence-corrected chi connectivity index (χ0v) is 15.1. The molecule has 3 N–H and O–H groups in total. The quantitative estimate of drug-likeness (QED) is 0.624. The van der Waals surface area contributed by atoms with Crippen molar-refractivity contribution in [1.82, 2.24) is 15.4 Å². The molecule has 0 amide bonds. The van der Waals surface area contributed by atoms with E-state index in [1.54, 1.807) is 12.1 Å². The highest BCUT2D eigenvalue weighted by Gasteiger charge is 2.30. The van der Waals surface area contributed by atoms with Crippen molar-refractivity contribution in [2.75, 3.05) is 5.75 Å². The molecule has 0 unspecified atom stereocenters. The van der Waals surface area contributed by atoms with Crippen LogP contribution in [0.3, 0.4) is 0 Å². The van der Waals surface area contributed by atoms with Crippen molar-refractivity contribution in [3.63, 3.8) is 0 Å². The van der Waals surface area contributed by atoms with Crippen molar-refractivity contribution in [2.24, 2.45) is 10.1 Å². The molecule has 1 aliphatic rings. The maximum absolute atomic E-state index is 12.8. The van der Waals surface area contributed by atoms with Crippen molar-refractivity contribution in [2.45, 2.75) is 12.7 Å². The van der Waals surface area contributed by atoms with Crippen LogP contribution in [-0.2, 0) is 12.7 Å². The molecule has 0 bridgehead atoms. The lowest BCUT2D eigenvalue weighted by atomic mass is 10.1. The molecule has 28 heavy (non-hydrogen) atoms. The maximum atomic E-state index is 12.8. The Balaban J connectivity index is 1.46. The fourth-order valence-electron chi connectivity index (χ4n) is 2.77. The largest absolute Gasteiger partial charge is 0.416 e. The summed E-state index contributed by atoms with van der Waals surface area (Å²) in [4.78, 5) is 21.0. The van der Waals surface area contributed by atoms with Crippen LogP contribution in [0.25, 0.3) is 11.0 Å². The Morgan fingerprint density at radius 2 is 1.93 bits per heavy atom. The third-order valence-corrected chi connectivity index (χ3v) is 5.05. The van der Waals surface area contributed by atoms with Crippen molar-refractivity contribution in [3.05, 3.63) is 69.6 Å². The van der Waals surface area contributed by atoms with Crippen LogP contribution >= 0.6 is 11.8 Å². The molecule has 1 aromatic heterocycles. The van der Waals surface area contributed by atoms with Crippen molar-refractivity contribution < 1.29 is 13.2 Å². The number of hydrazone groups is 1. The third-order valence-electron chi connectivity index (χ3n) is 4.14. The highest BCUT2D eigenvalue weighted by atomic mass is 32.2. The van der Waals surface area contributed by atoms with E-state index < -0.39 is 11.7 Å². The van der Waals surface area contributed by atoms with E-state index in [9.17, 15) is 18.0 Å². The van der Waals surface area contributed by atoms with Gasteiger partial charge in [-0.2, -0.15) is 18.3 Å². The number of aromatic nitrogens is 2. The molecule has 0 saturated carbocycles. The summed E-state index contributed by atoms with van der Waals surface area (Å²) in [7, 11) is 0. The predicted octanol–water partition coefficient (Wildman–Crippen LogP) is 3.47. The van der Waals surface area contributed by atoms with Gasteiger partial charge < -0.3 is 9.97 Å². The number of benzene rings is 2. The van der Waals surface area contributed by atoms with Gasteiger partial charge in [-0.15, -0.1) is 0 Å². The second-order valence-corrected chi connectivity index (χ2v) is 7.08. The van der Waals surface area contributed by atoms with Gasteiger partial charge in [-0.25, -0.2) is 4.79 Å². The molecule has 0 saturated heterocycles. The van der Waals surface area contributed by atoms with Gasteiger partial charge in [-0.1, -0.05) is 30.0 Å². The van der Waals surface area contributed by atoms with E-state index in [-0.39, 0.29) is 12.2 Å². The Hall–Kier alpha value is -3.01. The van der Waals surface area contributed by atoms with E-state index in [4.69, 9.17) is 0 Å². The number of rotatable bonds is 3. The Kier molecular flexibility index (Phi) is 4.71. The number of aromatic amines is 2. The number of fused-ring (bicyclic) bond motifs is 1. The minimum Gasteiger partial charge on any atom is -0.306 e. The first-order valence-corrected chi connectivity index (χ1v) is 9.25. The van der Waals surface area contributed by atoms with Crippen LogP contribution in [0.1, 0.15) is 16.7 Å². The van der Waals surface area contributed by atoms with Gasteiger partial charge in [0.25, 0.3) is 0 Å². The number of amidine groups is 1. The molecule has 0 radical (unpaired) electrons. The van der Waals surface area contributed by atoms with Crippen LogP contribution in [0.5, 0.6) is 0 Å². The minimum atomic E-state index is -4.37. The van der Waals surface area contributed by atoms with E-state index in [2.05, 4.69) is 25.5 Å². The standard InChI is InChI=1S/C18H14F3N5OS/c19-18(20,21)12-3-1-2-10(6-12)8-22-17-26-25-15(9-28-17)11-4-5-13-14(7-11)24-16(27)23-13/h1-7H,8-9H2,(H,22,26)(H2,23,24,27). The molecule has 144 valence electrons. The molecule has 0 atom stereocenters. The van der Waals surface area contributed by atoms with Gasteiger partial charge in [0.2, 0.25) is 0 Å². The van der Waals surface area contributed by atoms with E-state index in [0.717, 1.165) is 23.4 Å². The van der Waals surface area contributed by atoms with E-state index in [0.29, 0.717) is 27.5 Å². The number of halogens is 3. The number of nitrogens with one attached hydrogen (secondary N) is 3. The summed E-state index contributed by atoms with van der Waals surface area (Å²) in [5, 5.41) is 4.84. The van der Waals surface area contributed by atoms with Crippen LogP contribution in [0.4, 0.5) is 13.2 Å². The summed E-state index contributed by atoms with van der Waals surface area (Å²) in [6.45, 7) is 0.126. The molecule has 6 nitrogen and oxygen atoms in total. The summed E-state index contributed by atoms with van der Waals surface area (Å²) < 4.78 is 38.3. The van der Waals surface area contributed by atoms with Crippen LogP contribution in [0.2, 0.25) is 0 Å². The number of imidazole rings is 1. The summed E-state index contributed by atoms with van der Waals surface area (Å²) in [6.07, 6.45) is -4.37. The third kappa shape index (κ3) is 3.96. The monoisotopic (exact) mass is 405 g/mol. The Morgan fingerprint density at radius 1 is 1.11 bits per heavy atom. The van der Waals surface area contributed by atoms with Crippen LogP contribution in [-0.4, -0.2) is 26.6 Å². The highest BCUT2D eigenvalue weighted by Crippen LogP contribution is 2.29. The SMILES string of the molecule is O=c1[nH]c2ccc(C3=NNC(=NCc4cccc(C(F)(F)F)c4)SC3)cc2[nH]1. The fourth-order valence-corrected chi connectivity index (χ4v) is 3.54. The van der Waals surface area contributed by atoms with Gasteiger partial charge >= 0.3 is 11.9 Å². The van der Waals surface area contributed by atoms with Crippen LogP contribution < -0.4 is 11.1 Å². The topological polar surface area (TPSA) is 85.4 Å². The molecule has 0 spiro atoms. The average Bonchev–Trinajstić information content (AvgIpc) is 3.05. The maximum Gasteiger partial charge on any atom is 0.416 e. The summed E-state index contributed by atoms with van der Waals surface area (Å²) in [5.41, 5.74) is 5.41. The first kappa shape index (κ1) is 18.4. The number of hydrogen-bond acceptors (Lipinski definition) is 4. The summed E-state index contributed by atoms with van der Waals surface area (Å²) in [5.74, 6) is 0.550. The number of aliphatic imine (C=N–C) groups is 1. The van der Waals surface area contributed by atoms with Crippen LogP contribution in [0, 0.1) is 0 Å². The van der Waals surface area contributed by atoms with Gasteiger partial charge in [0.05, 0.1) is 28.9 Å². The Labute approximate surface area is 161 Å². The van der Waals surface area contributed by atoms with Gasteiger partial charge in [0, 0.05) is 11.3 Å². The van der Waals surface area contributed by atoms with Gasteiger partial charge in [-0.05, 0) is 29.8 Å². The number of H-pyrrole nitrogens is 2. The molecule has 4 rings (SSSR count). The molecule has 10 heteroatoms. The van der Waals surface area contributed by atoms with Gasteiger partial charge in [0.15, 0.2) is 5.17 Å². The predicted molar refractivity (Wildman–Crippen MR) is 104 cm³/mol. The second kappa shape index (κ2) is 7.19. The molecular formula is C18H14F3N5OS. The van der Waals surface area contributed by atoms with Crippen molar-refractivity contribution in [3.8, 4) is 0 Å². The number of alkyl halides is 3. The summed E-state index contributed by atoms with van der Waals surface area (Å²) in [6, 6.07) is 10.6. The fraction of sp³-hybridized carbons (Fsp3) is 0.167. The molecule has 3 aromatic rings. The van der Waals surface area contributed by atoms with Gasteiger partial charge in [-0.3, -0.25) is 10.4 Å². The van der Waals surface area contributed by atoms with E-state index in [1.807, 2.05) is 12.1 Å². The number of thioether (sulfide) groups is 1. The number of hydrogen-bond donors (Lipinski definition) is 3. The van der Waals surface area contributed by atoms with Crippen LogP contribution in [0.15, 0.2) is 57.4 Å². The zero-order chi connectivity index (χ0) is 19.7. The normalized spacial score (nSPS) is 16.2. The molecule has 2 heterocycles. The lowest BCUT2D eigenvalue weighted by Crippen LogP contribution is -2.25. The lowest BCUT2D eigenvalue weighted by Gasteiger charge is -2.15. The second-order valence-electron chi connectivity index (χ2n) is 6.12. The lowest BCUT2D eigenvalue weighted by molar-refractivity contribution is -0.137. The smallest absolute Gasteiger partial charge is 0.306 e. The van der Waals surface area contributed by atoms with Crippen molar-refractivity contribution >= 4 is 33.7 Å². The summed E-state index contributed by atoms with van der Waals surface area (Å²) >= 11 is 1.41. The molecule has 0 aliphatic carbocycles. The molecule has 2 aromatic carbocycles. The van der Waals surface area contributed by atoms with Gasteiger partial charge in [0.1, 0.15) is 0 Å². The molecule has 0 fully saturated rings. The highest BCUT2D eigenvalue weighted by molar-refractivity contribution is 8.14. The molecular weight excluding hydrogens is 391 g/mol. The Morgan fingerprint density at radius 3 is 2.68 bits per heavy atom. The molecule has 1 aliphatic heterocycles.